The highest BCUT2D eigenvalue weighted by Gasteiger charge is 2.25. The fraction of sp³-hybridized carbons (Fsp3) is 0.269. The molecule has 4 aromatic rings. The fourth-order valence-electron chi connectivity index (χ4n) is 4.25. The van der Waals surface area contributed by atoms with E-state index in [0.717, 1.165) is 40.9 Å². The van der Waals surface area contributed by atoms with Crippen LogP contribution in [0.1, 0.15) is 27.7 Å². The summed E-state index contributed by atoms with van der Waals surface area (Å²) in [5.74, 6) is 0.884. The average molecular weight is 571 g/mol. The molecule has 0 N–H and O–H groups in total. The normalized spacial score (nSPS) is 13.7. The highest BCUT2D eigenvalue weighted by Crippen LogP contribution is 2.34. The molecule has 0 radical (unpaired) electrons. The van der Waals surface area contributed by atoms with Crippen molar-refractivity contribution in [2.75, 3.05) is 26.0 Å². The molecule has 1 aliphatic heterocycles. The van der Waals surface area contributed by atoms with Crippen molar-refractivity contribution >= 4 is 55.0 Å². The van der Waals surface area contributed by atoms with Crippen LogP contribution in [0.5, 0.6) is 5.75 Å². The van der Waals surface area contributed by atoms with Crippen LogP contribution in [0, 0.1) is 0 Å². The molecule has 2 aromatic carbocycles. The average Bonchev–Trinajstić information content (AvgIpc) is 3.25. The highest BCUT2D eigenvalue weighted by atomic mass is 79.9. The second kappa shape index (κ2) is 10.3. The van der Waals surface area contributed by atoms with Gasteiger partial charge in [-0.3, -0.25) is 19.1 Å². The van der Waals surface area contributed by atoms with Crippen LogP contribution in [0.15, 0.2) is 63.0 Å². The van der Waals surface area contributed by atoms with E-state index in [-0.39, 0.29) is 17.1 Å². The predicted octanol–water partition coefficient (Wildman–Crippen LogP) is 5.57. The summed E-state index contributed by atoms with van der Waals surface area (Å²) in [6.07, 6.45) is 0.844. The van der Waals surface area contributed by atoms with Crippen molar-refractivity contribution in [2.45, 2.75) is 25.0 Å². The maximum Gasteiger partial charge on any atom is 0.267 e. The zero-order valence-corrected chi connectivity index (χ0v) is 22.6. The van der Waals surface area contributed by atoms with Gasteiger partial charge in [0.2, 0.25) is 0 Å². The zero-order valence-electron chi connectivity index (χ0n) is 19.4. The summed E-state index contributed by atoms with van der Waals surface area (Å²) in [7, 11) is 1.61. The van der Waals surface area contributed by atoms with Crippen molar-refractivity contribution in [3.05, 3.63) is 79.4 Å². The third kappa shape index (κ3) is 4.82. The lowest BCUT2D eigenvalue weighted by Crippen LogP contribution is -2.30. The van der Waals surface area contributed by atoms with Crippen molar-refractivity contribution in [1.82, 2.24) is 14.5 Å². The smallest absolute Gasteiger partial charge is 0.267 e. The number of carbonyl (C=O) groups is 1. The van der Waals surface area contributed by atoms with Gasteiger partial charge in [0.15, 0.2) is 10.9 Å². The SMILES string of the molecule is CCN1CCc2c(sc3nc(SCC(=O)c4ccc(Br)cc4)n(-c4ccc(OC)cc4)c(=O)c23)C1. The summed E-state index contributed by atoms with van der Waals surface area (Å²) in [4.78, 5) is 36.1. The number of hydrogen-bond donors (Lipinski definition) is 0. The quantitative estimate of drug-likeness (QED) is 0.165. The number of thioether (sulfide) groups is 1. The first-order valence-corrected chi connectivity index (χ1v) is 13.9. The third-order valence-electron chi connectivity index (χ3n) is 6.20. The molecule has 0 saturated carbocycles. The highest BCUT2D eigenvalue weighted by molar-refractivity contribution is 9.10. The number of Topliss-reactive ketones (excluding diaryl/α,β-unsaturated/α-hetero) is 1. The van der Waals surface area contributed by atoms with Gasteiger partial charge in [-0.2, -0.15) is 0 Å². The van der Waals surface area contributed by atoms with E-state index in [1.165, 1.54) is 16.6 Å². The number of ether oxygens (including phenoxy) is 1. The maximum atomic E-state index is 13.9. The molecule has 35 heavy (non-hydrogen) atoms. The number of benzene rings is 2. The van der Waals surface area contributed by atoms with Gasteiger partial charge in [0, 0.05) is 28.0 Å². The van der Waals surface area contributed by atoms with E-state index in [1.54, 1.807) is 35.1 Å². The molecule has 0 fully saturated rings. The molecule has 0 atom stereocenters. The topological polar surface area (TPSA) is 64.4 Å². The minimum absolute atomic E-state index is 0.0119. The van der Waals surface area contributed by atoms with E-state index in [9.17, 15) is 9.59 Å². The summed E-state index contributed by atoms with van der Waals surface area (Å²) >= 11 is 6.30. The number of thiophene rings is 1. The first kappa shape index (κ1) is 24.2. The summed E-state index contributed by atoms with van der Waals surface area (Å²) in [6.45, 7) is 4.93. The molecular weight excluding hydrogens is 546 g/mol. The molecule has 0 spiro atoms. The number of methoxy groups -OCH3 is 1. The van der Waals surface area contributed by atoms with Crippen LogP contribution in [-0.2, 0) is 13.0 Å². The third-order valence-corrected chi connectivity index (χ3v) is 8.78. The molecule has 0 saturated heterocycles. The Hall–Kier alpha value is -2.46. The van der Waals surface area contributed by atoms with E-state index < -0.39 is 0 Å². The second-order valence-corrected chi connectivity index (χ2v) is 11.2. The Morgan fingerprint density at radius 2 is 1.91 bits per heavy atom. The molecule has 9 heteroatoms. The molecule has 6 nitrogen and oxygen atoms in total. The van der Waals surface area contributed by atoms with E-state index in [0.29, 0.717) is 27.5 Å². The monoisotopic (exact) mass is 569 g/mol. The molecular formula is C26H24BrN3O3S2. The number of aromatic nitrogens is 2. The summed E-state index contributed by atoms with van der Waals surface area (Å²) in [6, 6.07) is 14.7. The van der Waals surface area contributed by atoms with Gasteiger partial charge in [-0.15, -0.1) is 11.3 Å². The largest absolute Gasteiger partial charge is 0.497 e. The number of fused-ring (bicyclic) bond motifs is 3. The minimum Gasteiger partial charge on any atom is -0.497 e. The van der Waals surface area contributed by atoms with Gasteiger partial charge in [0.25, 0.3) is 5.56 Å². The molecule has 5 rings (SSSR count). The van der Waals surface area contributed by atoms with Crippen LogP contribution in [0.3, 0.4) is 0 Å². The number of halogens is 1. The minimum atomic E-state index is -0.0822. The number of likely N-dealkylation sites (N-methyl/N-ethyl adjacent to an activating group) is 1. The van der Waals surface area contributed by atoms with Crippen molar-refractivity contribution < 1.29 is 9.53 Å². The lowest BCUT2D eigenvalue weighted by molar-refractivity contribution is 0.102. The Kier molecular flexibility index (Phi) is 7.11. The van der Waals surface area contributed by atoms with Crippen molar-refractivity contribution in [3.63, 3.8) is 0 Å². The van der Waals surface area contributed by atoms with Crippen molar-refractivity contribution in [2.24, 2.45) is 0 Å². The van der Waals surface area contributed by atoms with Crippen LogP contribution < -0.4 is 10.3 Å². The standard InChI is InChI=1S/C26H24BrN3O3S2/c1-3-29-13-12-20-22(14-29)35-24-23(20)25(32)30(18-8-10-19(33-2)11-9-18)26(28-24)34-15-21(31)16-4-6-17(27)7-5-16/h4-11H,3,12-15H2,1-2H3. The Morgan fingerprint density at radius 1 is 1.17 bits per heavy atom. The molecule has 2 aromatic heterocycles. The van der Waals surface area contributed by atoms with Gasteiger partial charge in [-0.05, 0) is 54.9 Å². The van der Waals surface area contributed by atoms with Gasteiger partial charge in [0.1, 0.15) is 10.6 Å². The van der Waals surface area contributed by atoms with Crippen LogP contribution in [0.2, 0.25) is 0 Å². The Morgan fingerprint density at radius 3 is 2.60 bits per heavy atom. The van der Waals surface area contributed by atoms with Gasteiger partial charge in [0.05, 0.1) is 23.9 Å². The summed E-state index contributed by atoms with van der Waals surface area (Å²) in [5.41, 5.74) is 2.37. The fourth-order valence-corrected chi connectivity index (χ4v) is 6.73. The first-order valence-electron chi connectivity index (χ1n) is 11.3. The summed E-state index contributed by atoms with van der Waals surface area (Å²) in [5, 5.41) is 1.23. The number of rotatable bonds is 7. The van der Waals surface area contributed by atoms with E-state index in [2.05, 4.69) is 27.8 Å². The number of nitrogens with zero attached hydrogens (tertiary/aromatic N) is 3. The van der Waals surface area contributed by atoms with Crippen LogP contribution in [0.25, 0.3) is 15.9 Å². The Bertz CT molecular complexity index is 1450. The molecule has 0 amide bonds. The van der Waals surface area contributed by atoms with Crippen molar-refractivity contribution in [1.29, 1.82) is 0 Å². The molecule has 0 unspecified atom stereocenters. The zero-order chi connectivity index (χ0) is 24.5. The van der Waals surface area contributed by atoms with Gasteiger partial charge >= 0.3 is 0 Å². The lowest BCUT2D eigenvalue weighted by Gasteiger charge is -2.25. The second-order valence-electron chi connectivity index (χ2n) is 8.25. The maximum absolute atomic E-state index is 13.9. The van der Waals surface area contributed by atoms with E-state index in [1.807, 2.05) is 36.4 Å². The van der Waals surface area contributed by atoms with E-state index >= 15 is 0 Å². The Labute approximate surface area is 220 Å². The van der Waals surface area contributed by atoms with Gasteiger partial charge < -0.3 is 4.74 Å². The lowest BCUT2D eigenvalue weighted by atomic mass is 10.1. The number of carbonyl (C=O) groups excluding carboxylic acids is 1. The van der Waals surface area contributed by atoms with Gasteiger partial charge in [-0.25, -0.2) is 4.98 Å². The Balaban J connectivity index is 1.58. The first-order chi connectivity index (χ1) is 17.0. The molecule has 1 aliphatic rings. The number of hydrogen-bond acceptors (Lipinski definition) is 7. The molecule has 180 valence electrons. The predicted molar refractivity (Wildman–Crippen MR) is 146 cm³/mol. The summed E-state index contributed by atoms with van der Waals surface area (Å²) < 4.78 is 7.86. The molecule has 0 aliphatic carbocycles. The molecule has 3 heterocycles. The molecule has 0 bridgehead atoms. The van der Waals surface area contributed by atoms with Crippen LogP contribution in [-0.4, -0.2) is 46.2 Å². The van der Waals surface area contributed by atoms with Crippen LogP contribution >= 0.6 is 39.0 Å². The van der Waals surface area contributed by atoms with E-state index in [4.69, 9.17) is 9.72 Å². The van der Waals surface area contributed by atoms with Gasteiger partial charge in [-0.1, -0.05) is 46.7 Å². The number of ketones is 1. The van der Waals surface area contributed by atoms with Crippen molar-refractivity contribution in [3.8, 4) is 11.4 Å². The van der Waals surface area contributed by atoms with Crippen LogP contribution in [0.4, 0.5) is 0 Å².